The normalized spacial score (nSPS) is 11.5. The molecule has 0 aliphatic rings. The second-order valence-corrected chi connectivity index (χ2v) is 7.44. The Morgan fingerprint density at radius 1 is 1.20 bits per heavy atom. The van der Waals surface area contributed by atoms with Crippen molar-refractivity contribution in [1.29, 1.82) is 0 Å². The molecular weight excluding hydrogens is 431 g/mol. The van der Waals surface area contributed by atoms with Crippen LogP contribution in [-0.4, -0.2) is 22.0 Å². The summed E-state index contributed by atoms with van der Waals surface area (Å²) in [7, 11) is 1.87. The van der Waals surface area contributed by atoms with Crippen LogP contribution in [0.15, 0.2) is 22.9 Å². The smallest absolute Gasteiger partial charge is 0.163 e. The van der Waals surface area contributed by atoms with Crippen molar-refractivity contribution in [1.82, 2.24) is 15.0 Å². The third-order valence-corrected chi connectivity index (χ3v) is 4.22. The Bertz CT molecular complexity index is 638. The summed E-state index contributed by atoms with van der Waals surface area (Å²) in [6.07, 6.45) is 3.53. The van der Waals surface area contributed by atoms with E-state index in [4.69, 9.17) is 4.98 Å². The second-order valence-electron chi connectivity index (χ2n) is 5.45. The fraction of sp³-hybridized carbons (Fsp3) is 0.357. The molecule has 0 aliphatic heterocycles. The van der Waals surface area contributed by atoms with Crippen LogP contribution in [0.1, 0.15) is 26.5 Å². The Kier molecular flexibility index (Phi) is 4.63. The maximum Gasteiger partial charge on any atom is 0.163 e. The molecule has 0 atom stereocenters. The Morgan fingerprint density at radius 3 is 2.45 bits per heavy atom. The van der Waals surface area contributed by atoms with Crippen molar-refractivity contribution in [2.75, 3.05) is 12.4 Å². The summed E-state index contributed by atoms with van der Waals surface area (Å²) < 4.78 is 1.98. The summed E-state index contributed by atoms with van der Waals surface area (Å²) in [6.45, 7) is 6.46. The van der Waals surface area contributed by atoms with Crippen LogP contribution in [0.4, 0.5) is 5.82 Å². The first-order valence-corrected chi connectivity index (χ1v) is 8.07. The van der Waals surface area contributed by atoms with Gasteiger partial charge in [-0.2, -0.15) is 0 Å². The van der Waals surface area contributed by atoms with Gasteiger partial charge in [-0.15, -0.1) is 0 Å². The summed E-state index contributed by atoms with van der Waals surface area (Å²) in [5.41, 5.74) is 1.89. The first kappa shape index (κ1) is 15.6. The monoisotopic (exact) mass is 446 g/mol. The van der Waals surface area contributed by atoms with Crippen LogP contribution >= 0.6 is 38.5 Å². The number of nitrogens with zero attached hydrogens (tertiary/aromatic N) is 3. The summed E-state index contributed by atoms with van der Waals surface area (Å²) in [6, 6.07) is 1.97. The number of hydrogen-bond acceptors (Lipinski definition) is 4. The Hall–Kier alpha value is -0.760. The largest absolute Gasteiger partial charge is 0.372 e. The van der Waals surface area contributed by atoms with Gasteiger partial charge in [-0.05, 0) is 44.6 Å². The molecule has 2 rings (SSSR count). The number of rotatable bonds is 2. The molecule has 0 radical (unpaired) electrons. The molecule has 0 bridgehead atoms. The van der Waals surface area contributed by atoms with E-state index >= 15 is 0 Å². The van der Waals surface area contributed by atoms with Crippen LogP contribution in [0.5, 0.6) is 0 Å². The highest BCUT2D eigenvalue weighted by Crippen LogP contribution is 2.31. The van der Waals surface area contributed by atoms with Gasteiger partial charge in [-0.1, -0.05) is 20.8 Å². The highest BCUT2D eigenvalue weighted by Gasteiger charge is 2.23. The van der Waals surface area contributed by atoms with Crippen molar-refractivity contribution >= 4 is 44.3 Å². The number of pyridine rings is 1. The van der Waals surface area contributed by atoms with Gasteiger partial charge in [0.05, 0.1) is 9.26 Å². The van der Waals surface area contributed by atoms with E-state index in [0.717, 1.165) is 25.1 Å². The van der Waals surface area contributed by atoms with Crippen molar-refractivity contribution in [3.63, 3.8) is 0 Å². The fourth-order valence-electron chi connectivity index (χ4n) is 1.77. The molecule has 0 aliphatic carbocycles. The van der Waals surface area contributed by atoms with E-state index in [1.54, 1.807) is 12.4 Å². The van der Waals surface area contributed by atoms with E-state index in [1.165, 1.54) is 0 Å². The van der Waals surface area contributed by atoms with Crippen molar-refractivity contribution in [3.05, 3.63) is 32.2 Å². The molecule has 6 heteroatoms. The number of hydrogen-bond donors (Lipinski definition) is 1. The van der Waals surface area contributed by atoms with E-state index in [-0.39, 0.29) is 5.41 Å². The fourth-order valence-corrected chi connectivity index (χ4v) is 3.46. The molecule has 0 spiro atoms. The molecule has 0 fully saturated rings. The van der Waals surface area contributed by atoms with Gasteiger partial charge in [0, 0.05) is 34.9 Å². The number of nitrogens with one attached hydrogen (secondary N) is 1. The quantitative estimate of drug-likeness (QED) is 0.700. The van der Waals surface area contributed by atoms with Gasteiger partial charge in [0.1, 0.15) is 5.82 Å². The maximum absolute atomic E-state index is 4.74. The standard InChI is InChI=1S/C14H16BrIN4/c1-14(2,3)11-10(16)13(17-4)20-12(19-11)8-5-9(15)7-18-6-8/h5-7H,1-4H3,(H,17,19,20). The number of anilines is 1. The van der Waals surface area contributed by atoms with Crippen LogP contribution < -0.4 is 5.32 Å². The van der Waals surface area contributed by atoms with Gasteiger partial charge in [0.25, 0.3) is 0 Å². The lowest BCUT2D eigenvalue weighted by molar-refractivity contribution is 0.564. The zero-order valence-electron chi connectivity index (χ0n) is 11.8. The van der Waals surface area contributed by atoms with E-state index in [1.807, 2.05) is 13.1 Å². The minimum absolute atomic E-state index is 0.0424. The summed E-state index contributed by atoms with van der Waals surface area (Å²) in [5.74, 6) is 1.54. The third kappa shape index (κ3) is 3.28. The Morgan fingerprint density at radius 2 is 1.90 bits per heavy atom. The average Bonchev–Trinajstić information content (AvgIpc) is 2.37. The lowest BCUT2D eigenvalue weighted by atomic mass is 9.92. The van der Waals surface area contributed by atoms with Crippen molar-refractivity contribution in [2.24, 2.45) is 0 Å². The van der Waals surface area contributed by atoms with Crippen LogP contribution in [0.3, 0.4) is 0 Å². The Balaban J connectivity index is 2.66. The summed E-state index contributed by atoms with van der Waals surface area (Å²) in [5, 5.41) is 3.14. The van der Waals surface area contributed by atoms with Crippen molar-refractivity contribution in [3.8, 4) is 11.4 Å². The molecule has 2 aromatic rings. The van der Waals surface area contributed by atoms with Gasteiger partial charge in [0.15, 0.2) is 5.82 Å². The molecule has 4 nitrogen and oxygen atoms in total. The first-order valence-electron chi connectivity index (χ1n) is 6.19. The minimum Gasteiger partial charge on any atom is -0.372 e. The third-order valence-electron chi connectivity index (χ3n) is 2.76. The topological polar surface area (TPSA) is 50.7 Å². The Labute approximate surface area is 141 Å². The highest BCUT2D eigenvalue weighted by molar-refractivity contribution is 14.1. The van der Waals surface area contributed by atoms with Gasteiger partial charge in [-0.3, -0.25) is 4.98 Å². The minimum atomic E-state index is -0.0424. The van der Waals surface area contributed by atoms with Crippen LogP contribution in [0, 0.1) is 3.57 Å². The predicted molar refractivity (Wildman–Crippen MR) is 93.9 cm³/mol. The predicted octanol–water partition coefficient (Wildman–Crippen LogP) is 4.24. The number of aromatic nitrogens is 3. The van der Waals surface area contributed by atoms with Gasteiger partial charge < -0.3 is 5.32 Å². The second kappa shape index (κ2) is 5.93. The van der Waals surface area contributed by atoms with Gasteiger partial charge >= 0.3 is 0 Å². The molecule has 2 aromatic heterocycles. The number of halogens is 2. The van der Waals surface area contributed by atoms with Gasteiger partial charge in [-0.25, -0.2) is 9.97 Å². The zero-order chi connectivity index (χ0) is 14.9. The van der Waals surface area contributed by atoms with E-state index in [0.29, 0.717) is 5.82 Å². The highest BCUT2D eigenvalue weighted by atomic mass is 127. The van der Waals surface area contributed by atoms with E-state index in [2.05, 4.69) is 74.6 Å². The summed E-state index contributed by atoms with van der Waals surface area (Å²) >= 11 is 5.73. The van der Waals surface area contributed by atoms with Gasteiger partial charge in [0.2, 0.25) is 0 Å². The van der Waals surface area contributed by atoms with E-state index in [9.17, 15) is 0 Å². The molecule has 0 saturated heterocycles. The molecule has 106 valence electrons. The average molecular weight is 447 g/mol. The molecule has 0 unspecified atom stereocenters. The van der Waals surface area contributed by atoms with Crippen molar-refractivity contribution < 1.29 is 0 Å². The molecular formula is C14H16BrIN4. The van der Waals surface area contributed by atoms with Crippen LogP contribution in [-0.2, 0) is 5.41 Å². The molecule has 0 aromatic carbocycles. The maximum atomic E-state index is 4.74. The SMILES string of the molecule is CNc1nc(-c2cncc(Br)c2)nc(C(C)(C)C)c1I. The molecule has 20 heavy (non-hydrogen) atoms. The van der Waals surface area contributed by atoms with E-state index < -0.39 is 0 Å². The zero-order valence-corrected chi connectivity index (χ0v) is 15.6. The van der Waals surface area contributed by atoms with Crippen LogP contribution in [0.2, 0.25) is 0 Å². The van der Waals surface area contributed by atoms with Crippen molar-refractivity contribution in [2.45, 2.75) is 26.2 Å². The first-order chi connectivity index (χ1) is 9.32. The lowest BCUT2D eigenvalue weighted by Crippen LogP contribution is -2.18. The molecule has 2 heterocycles. The molecule has 1 N–H and O–H groups in total. The van der Waals surface area contributed by atoms with Crippen LogP contribution in [0.25, 0.3) is 11.4 Å². The molecule has 0 amide bonds. The lowest BCUT2D eigenvalue weighted by Gasteiger charge is -2.21. The molecule has 0 saturated carbocycles. The summed E-state index contributed by atoms with van der Waals surface area (Å²) in [4.78, 5) is 13.5.